The van der Waals surface area contributed by atoms with Crippen molar-refractivity contribution >= 4 is 0 Å². The predicted molar refractivity (Wildman–Crippen MR) is 95.0 cm³/mol. The second-order valence-electron chi connectivity index (χ2n) is 8.53. The molecule has 0 aliphatic carbocycles. The third kappa shape index (κ3) is 3.52. The zero-order valence-corrected chi connectivity index (χ0v) is 15.0. The largest absolute Gasteiger partial charge is 0.391 e. The summed E-state index contributed by atoms with van der Waals surface area (Å²) < 4.78 is 0. The number of nitrogens with zero attached hydrogens (tertiary/aromatic N) is 1. The summed E-state index contributed by atoms with van der Waals surface area (Å²) in [5, 5.41) is 30.2. The SMILES string of the molecule is CC(C)(C)c1ccc(CC[C@@H]2CC[C@@H](O)C3[C@H](O)[C@H](O)CN32)cc1. The van der Waals surface area contributed by atoms with E-state index in [-0.39, 0.29) is 11.5 Å². The van der Waals surface area contributed by atoms with Crippen LogP contribution in [0.4, 0.5) is 0 Å². The number of fused-ring (bicyclic) bond motifs is 1. The molecule has 2 saturated heterocycles. The first-order valence-electron chi connectivity index (χ1n) is 9.17. The molecule has 134 valence electrons. The van der Waals surface area contributed by atoms with Crippen LogP contribution in [0.15, 0.2) is 24.3 Å². The highest BCUT2D eigenvalue weighted by Crippen LogP contribution is 2.34. The van der Waals surface area contributed by atoms with Gasteiger partial charge in [-0.2, -0.15) is 0 Å². The lowest BCUT2D eigenvalue weighted by Crippen LogP contribution is -2.53. The molecule has 3 rings (SSSR count). The third-order valence-corrected chi connectivity index (χ3v) is 5.77. The Morgan fingerprint density at radius 2 is 1.67 bits per heavy atom. The molecule has 2 aliphatic heterocycles. The van der Waals surface area contributed by atoms with Crippen molar-refractivity contribution in [3.63, 3.8) is 0 Å². The summed E-state index contributed by atoms with van der Waals surface area (Å²) in [4.78, 5) is 2.13. The Labute approximate surface area is 145 Å². The molecule has 0 saturated carbocycles. The number of aryl methyl sites for hydroxylation is 1. The van der Waals surface area contributed by atoms with Crippen molar-refractivity contribution < 1.29 is 15.3 Å². The van der Waals surface area contributed by atoms with Crippen molar-refractivity contribution in [3.05, 3.63) is 35.4 Å². The standard InChI is InChI=1S/C20H31NO3/c1-20(2,3)14-7-4-13(5-8-14)6-9-15-10-11-16(22)18-19(24)17(23)12-21(15)18/h4-5,7-8,15-19,22-24H,6,9-12H2,1-3H3/t15-,16-,17-,18?,19-/m1/s1. The summed E-state index contributed by atoms with van der Waals surface area (Å²) in [6, 6.07) is 8.87. The zero-order valence-electron chi connectivity index (χ0n) is 15.0. The predicted octanol–water partition coefficient (Wildman–Crippen LogP) is 1.85. The van der Waals surface area contributed by atoms with Gasteiger partial charge in [-0.15, -0.1) is 0 Å². The minimum atomic E-state index is -0.825. The lowest BCUT2D eigenvalue weighted by Gasteiger charge is -2.41. The average Bonchev–Trinajstić information content (AvgIpc) is 2.83. The van der Waals surface area contributed by atoms with Crippen molar-refractivity contribution in [2.75, 3.05) is 6.54 Å². The van der Waals surface area contributed by atoms with Gasteiger partial charge in [0.15, 0.2) is 0 Å². The van der Waals surface area contributed by atoms with E-state index < -0.39 is 18.3 Å². The van der Waals surface area contributed by atoms with Crippen LogP contribution in [0.1, 0.15) is 51.2 Å². The van der Waals surface area contributed by atoms with Crippen molar-refractivity contribution in [3.8, 4) is 0 Å². The fourth-order valence-electron chi connectivity index (χ4n) is 4.23. The number of aliphatic hydroxyl groups is 3. The highest BCUT2D eigenvalue weighted by atomic mass is 16.3. The van der Waals surface area contributed by atoms with Crippen LogP contribution < -0.4 is 0 Å². The molecule has 0 aromatic heterocycles. The van der Waals surface area contributed by atoms with Crippen LogP contribution in [0.3, 0.4) is 0 Å². The Morgan fingerprint density at radius 3 is 2.29 bits per heavy atom. The van der Waals surface area contributed by atoms with Crippen molar-refractivity contribution in [2.24, 2.45) is 0 Å². The first-order chi connectivity index (χ1) is 11.3. The number of benzene rings is 1. The summed E-state index contributed by atoms with van der Waals surface area (Å²) in [6.45, 7) is 7.13. The van der Waals surface area contributed by atoms with Crippen molar-refractivity contribution in [1.29, 1.82) is 0 Å². The van der Waals surface area contributed by atoms with Gasteiger partial charge >= 0.3 is 0 Å². The number of hydrogen-bond acceptors (Lipinski definition) is 4. The normalized spacial score (nSPS) is 34.3. The van der Waals surface area contributed by atoms with Crippen LogP contribution in [0, 0.1) is 0 Å². The molecule has 4 heteroatoms. The van der Waals surface area contributed by atoms with Gasteiger partial charge in [0.25, 0.3) is 0 Å². The van der Waals surface area contributed by atoms with Crippen LogP contribution in [0.2, 0.25) is 0 Å². The maximum absolute atomic E-state index is 10.2. The fraction of sp³-hybridized carbons (Fsp3) is 0.700. The molecule has 0 spiro atoms. The summed E-state index contributed by atoms with van der Waals surface area (Å²) in [6.07, 6.45) is 1.53. The van der Waals surface area contributed by atoms with Gasteiger partial charge in [-0.3, -0.25) is 4.90 Å². The number of hydrogen-bond donors (Lipinski definition) is 3. The Morgan fingerprint density at radius 1 is 1.00 bits per heavy atom. The molecular weight excluding hydrogens is 302 g/mol. The smallest absolute Gasteiger partial charge is 0.0991 e. The highest BCUT2D eigenvalue weighted by Gasteiger charge is 2.48. The number of piperidine rings is 1. The first kappa shape index (κ1) is 17.9. The van der Waals surface area contributed by atoms with Gasteiger partial charge in [0.1, 0.15) is 0 Å². The molecule has 0 bridgehead atoms. The molecule has 0 radical (unpaired) electrons. The Kier molecular flexibility index (Phi) is 5.03. The average molecular weight is 333 g/mol. The van der Waals surface area contributed by atoms with Crippen LogP contribution in [0.25, 0.3) is 0 Å². The monoisotopic (exact) mass is 333 g/mol. The molecule has 1 aromatic carbocycles. The summed E-state index contributed by atoms with van der Waals surface area (Å²) in [7, 11) is 0. The van der Waals surface area contributed by atoms with E-state index in [2.05, 4.69) is 49.9 Å². The van der Waals surface area contributed by atoms with Crippen molar-refractivity contribution in [1.82, 2.24) is 4.90 Å². The molecule has 2 aliphatic rings. The molecule has 2 fully saturated rings. The lowest BCUT2D eigenvalue weighted by atomic mass is 9.86. The van der Waals surface area contributed by atoms with Gasteiger partial charge in [-0.1, -0.05) is 45.0 Å². The topological polar surface area (TPSA) is 63.9 Å². The zero-order chi connectivity index (χ0) is 17.5. The Balaban J connectivity index is 1.62. The van der Waals surface area contributed by atoms with E-state index in [9.17, 15) is 15.3 Å². The van der Waals surface area contributed by atoms with E-state index in [4.69, 9.17) is 0 Å². The third-order valence-electron chi connectivity index (χ3n) is 5.77. The quantitative estimate of drug-likeness (QED) is 0.790. The van der Waals surface area contributed by atoms with E-state index >= 15 is 0 Å². The second kappa shape index (κ2) is 6.75. The van der Waals surface area contributed by atoms with Crippen LogP contribution in [-0.4, -0.2) is 57.2 Å². The van der Waals surface area contributed by atoms with Gasteiger partial charge in [-0.25, -0.2) is 0 Å². The van der Waals surface area contributed by atoms with Gasteiger partial charge in [0, 0.05) is 12.6 Å². The van der Waals surface area contributed by atoms with Crippen molar-refractivity contribution in [2.45, 2.75) is 82.3 Å². The molecule has 0 amide bonds. The fourth-order valence-corrected chi connectivity index (χ4v) is 4.23. The van der Waals surface area contributed by atoms with Crippen LogP contribution >= 0.6 is 0 Å². The highest BCUT2D eigenvalue weighted by molar-refractivity contribution is 5.27. The molecule has 4 nitrogen and oxygen atoms in total. The maximum atomic E-state index is 10.2. The lowest BCUT2D eigenvalue weighted by molar-refractivity contribution is -0.0463. The van der Waals surface area contributed by atoms with E-state index in [1.165, 1.54) is 11.1 Å². The van der Waals surface area contributed by atoms with E-state index in [1.54, 1.807) is 0 Å². The number of rotatable bonds is 3. The van der Waals surface area contributed by atoms with E-state index in [0.717, 1.165) is 19.3 Å². The van der Waals surface area contributed by atoms with E-state index in [1.807, 2.05) is 0 Å². The summed E-state index contributed by atoms with van der Waals surface area (Å²) in [5.41, 5.74) is 2.84. The Bertz CT molecular complexity index is 551. The van der Waals surface area contributed by atoms with Gasteiger partial charge in [0.2, 0.25) is 0 Å². The molecule has 3 N–H and O–H groups in total. The maximum Gasteiger partial charge on any atom is 0.0991 e. The Hall–Kier alpha value is -0.940. The minimum absolute atomic E-state index is 0.174. The van der Waals surface area contributed by atoms with Gasteiger partial charge in [0.05, 0.1) is 24.4 Å². The first-order valence-corrected chi connectivity index (χ1v) is 9.17. The summed E-state index contributed by atoms with van der Waals surface area (Å²) >= 11 is 0. The number of aliphatic hydroxyl groups excluding tert-OH is 3. The van der Waals surface area contributed by atoms with Gasteiger partial charge in [-0.05, 0) is 42.2 Å². The molecule has 2 heterocycles. The molecule has 24 heavy (non-hydrogen) atoms. The van der Waals surface area contributed by atoms with Crippen LogP contribution in [-0.2, 0) is 11.8 Å². The second-order valence-corrected chi connectivity index (χ2v) is 8.53. The van der Waals surface area contributed by atoms with Gasteiger partial charge < -0.3 is 15.3 Å². The minimum Gasteiger partial charge on any atom is -0.391 e. The molecule has 5 atom stereocenters. The molecular formula is C20H31NO3. The van der Waals surface area contributed by atoms with Crippen LogP contribution in [0.5, 0.6) is 0 Å². The molecule has 1 unspecified atom stereocenters. The molecule has 1 aromatic rings. The van der Waals surface area contributed by atoms with E-state index in [0.29, 0.717) is 19.0 Å². The summed E-state index contributed by atoms with van der Waals surface area (Å²) in [5.74, 6) is 0.